The molecule has 0 unspecified atom stereocenters. The summed E-state index contributed by atoms with van der Waals surface area (Å²) < 4.78 is 0. The van der Waals surface area contributed by atoms with Gasteiger partial charge in [0.15, 0.2) is 5.11 Å². The summed E-state index contributed by atoms with van der Waals surface area (Å²) in [6, 6.07) is 16.7. The number of amides is 3. The van der Waals surface area contributed by atoms with Gasteiger partial charge in [-0.15, -0.1) is 0 Å². The molecule has 7 nitrogen and oxygen atoms in total. The summed E-state index contributed by atoms with van der Waals surface area (Å²) in [5.74, 6) is -0.423. The van der Waals surface area contributed by atoms with E-state index in [0.717, 1.165) is 16.8 Å². The van der Waals surface area contributed by atoms with Crippen molar-refractivity contribution in [1.82, 2.24) is 21.5 Å². The second-order valence-corrected chi connectivity index (χ2v) is 5.92. The van der Waals surface area contributed by atoms with Crippen LogP contribution in [0.15, 0.2) is 54.6 Å². The first kappa shape index (κ1) is 19.2. The van der Waals surface area contributed by atoms with Crippen LogP contribution in [0.25, 0.3) is 0 Å². The average Bonchev–Trinajstić information content (AvgIpc) is 2.65. The minimum absolute atomic E-state index is 0.180. The summed E-state index contributed by atoms with van der Waals surface area (Å²) >= 11 is 5.06. The van der Waals surface area contributed by atoms with Gasteiger partial charge in [-0.1, -0.05) is 48.0 Å². The van der Waals surface area contributed by atoms with Gasteiger partial charge in [-0.2, -0.15) is 0 Å². The molecule has 0 spiro atoms. The molecule has 0 aliphatic carbocycles. The van der Waals surface area contributed by atoms with Crippen molar-refractivity contribution in [3.8, 4) is 0 Å². The van der Waals surface area contributed by atoms with E-state index in [2.05, 4.69) is 26.8 Å². The van der Waals surface area contributed by atoms with Gasteiger partial charge in [0, 0.05) is 12.2 Å². The van der Waals surface area contributed by atoms with Crippen LogP contribution in [0.1, 0.15) is 11.1 Å². The average molecular weight is 371 g/mol. The summed E-state index contributed by atoms with van der Waals surface area (Å²) in [6.45, 7) is 2.20. The van der Waals surface area contributed by atoms with E-state index < -0.39 is 11.9 Å². The van der Waals surface area contributed by atoms with E-state index in [0.29, 0.717) is 6.54 Å². The maximum Gasteiger partial charge on any atom is 0.315 e. The molecule has 2 aromatic carbocycles. The van der Waals surface area contributed by atoms with E-state index in [9.17, 15) is 9.59 Å². The third-order valence-electron chi connectivity index (χ3n) is 3.33. The van der Waals surface area contributed by atoms with Gasteiger partial charge in [0.05, 0.1) is 0 Å². The molecule has 0 saturated heterocycles. The maximum atomic E-state index is 11.7. The van der Waals surface area contributed by atoms with E-state index >= 15 is 0 Å². The second-order valence-electron chi connectivity index (χ2n) is 5.52. The zero-order valence-corrected chi connectivity index (χ0v) is 15.2. The highest BCUT2D eigenvalue weighted by Gasteiger charge is 2.05. The van der Waals surface area contributed by atoms with Crippen molar-refractivity contribution in [3.05, 3.63) is 65.7 Å². The highest BCUT2D eigenvalue weighted by Crippen LogP contribution is 2.04. The molecule has 0 aromatic heterocycles. The molecule has 3 amide bonds. The van der Waals surface area contributed by atoms with Crippen molar-refractivity contribution in [2.24, 2.45) is 0 Å². The standard InChI is InChI=1S/C18H21N5O2S/c1-13-7-9-14(10-8-13)11-19-17(25)20-12-16(24)22-23-18(26)21-15-5-3-2-4-6-15/h2-10H,11-12H2,1H3,(H,22,24)(H2,19,20,25)(H2,21,23,26). The Kier molecular flexibility index (Phi) is 7.38. The van der Waals surface area contributed by atoms with Crippen LogP contribution in [0.4, 0.5) is 10.5 Å². The summed E-state index contributed by atoms with van der Waals surface area (Å²) in [4.78, 5) is 23.4. The number of anilines is 1. The van der Waals surface area contributed by atoms with Gasteiger partial charge in [-0.25, -0.2) is 4.79 Å². The predicted molar refractivity (Wildman–Crippen MR) is 105 cm³/mol. The van der Waals surface area contributed by atoms with Crippen LogP contribution < -0.4 is 26.8 Å². The number of hydrogen-bond donors (Lipinski definition) is 5. The Morgan fingerprint density at radius 1 is 0.923 bits per heavy atom. The number of rotatable bonds is 5. The normalized spacial score (nSPS) is 9.73. The SMILES string of the molecule is Cc1ccc(CNC(=O)NCC(=O)NNC(=S)Nc2ccccc2)cc1. The van der Waals surface area contributed by atoms with Gasteiger partial charge in [0.25, 0.3) is 5.91 Å². The number of benzene rings is 2. The highest BCUT2D eigenvalue weighted by atomic mass is 32.1. The number of nitrogens with one attached hydrogen (secondary N) is 5. The minimum atomic E-state index is -0.425. The van der Waals surface area contributed by atoms with Gasteiger partial charge in [-0.3, -0.25) is 15.6 Å². The molecule has 5 N–H and O–H groups in total. The van der Waals surface area contributed by atoms with Crippen molar-refractivity contribution < 1.29 is 9.59 Å². The lowest BCUT2D eigenvalue weighted by atomic mass is 10.1. The quantitative estimate of drug-likeness (QED) is 0.408. The molecule has 0 aliphatic rings. The highest BCUT2D eigenvalue weighted by molar-refractivity contribution is 7.80. The van der Waals surface area contributed by atoms with E-state index in [1.807, 2.05) is 61.5 Å². The number of aryl methyl sites for hydroxylation is 1. The van der Waals surface area contributed by atoms with E-state index in [1.165, 1.54) is 0 Å². The zero-order valence-electron chi connectivity index (χ0n) is 14.3. The van der Waals surface area contributed by atoms with Crippen molar-refractivity contribution in [2.75, 3.05) is 11.9 Å². The Morgan fingerprint density at radius 3 is 2.31 bits per heavy atom. The smallest absolute Gasteiger partial charge is 0.315 e. The van der Waals surface area contributed by atoms with Gasteiger partial charge >= 0.3 is 6.03 Å². The number of thiocarbonyl (C=S) groups is 1. The summed E-state index contributed by atoms with van der Waals surface area (Å²) in [7, 11) is 0. The van der Waals surface area contributed by atoms with Crippen molar-refractivity contribution >= 4 is 35.0 Å². The van der Waals surface area contributed by atoms with Crippen LogP contribution in [0.5, 0.6) is 0 Å². The molecule has 0 saturated carbocycles. The predicted octanol–water partition coefficient (Wildman–Crippen LogP) is 1.81. The van der Waals surface area contributed by atoms with Gasteiger partial charge in [0.2, 0.25) is 0 Å². The molecule has 26 heavy (non-hydrogen) atoms. The molecule has 0 atom stereocenters. The third kappa shape index (κ3) is 7.18. The first-order valence-corrected chi connectivity index (χ1v) is 8.42. The number of urea groups is 1. The van der Waals surface area contributed by atoms with E-state index in [1.54, 1.807) is 0 Å². The van der Waals surface area contributed by atoms with Crippen LogP contribution in [0.2, 0.25) is 0 Å². The molecular formula is C18H21N5O2S. The van der Waals surface area contributed by atoms with Crippen LogP contribution in [-0.4, -0.2) is 23.6 Å². The van der Waals surface area contributed by atoms with Crippen molar-refractivity contribution in [3.63, 3.8) is 0 Å². The molecule has 0 bridgehead atoms. The molecule has 0 fully saturated rings. The Bertz CT molecular complexity index is 750. The van der Waals surface area contributed by atoms with Crippen LogP contribution >= 0.6 is 12.2 Å². The van der Waals surface area contributed by atoms with Gasteiger partial charge in [0.1, 0.15) is 6.54 Å². The van der Waals surface area contributed by atoms with Crippen LogP contribution in [0, 0.1) is 6.92 Å². The molecule has 0 aliphatic heterocycles. The second kappa shape index (κ2) is 10.00. The third-order valence-corrected chi connectivity index (χ3v) is 3.53. The molecule has 0 radical (unpaired) electrons. The fraction of sp³-hybridized carbons (Fsp3) is 0.167. The first-order valence-electron chi connectivity index (χ1n) is 8.01. The Labute approximate surface area is 157 Å². The maximum absolute atomic E-state index is 11.7. The Morgan fingerprint density at radius 2 is 1.62 bits per heavy atom. The summed E-state index contributed by atoms with van der Waals surface area (Å²) in [5.41, 5.74) is 7.90. The Balaban J connectivity index is 1.61. The lowest BCUT2D eigenvalue weighted by molar-refractivity contribution is -0.120. The number of hydrazine groups is 1. The van der Waals surface area contributed by atoms with E-state index in [4.69, 9.17) is 12.2 Å². The van der Waals surface area contributed by atoms with Gasteiger partial charge in [-0.05, 0) is 36.8 Å². The van der Waals surface area contributed by atoms with Crippen molar-refractivity contribution in [2.45, 2.75) is 13.5 Å². The summed E-state index contributed by atoms with van der Waals surface area (Å²) in [6.07, 6.45) is 0. The molecular weight excluding hydrogens is 350 g/mol. The Hall–Kier alpha value is -3.13. The lowest BCUT2D eigenvalue weighted by Gasteiger charge is -2.12. The number of carbonyl (C=O) groups is 2. The molecule has 8 heteroatoms. The van der Waals surface area contributed by atoms with E-state index in [-0.39, 0.29) is 11.7 Å². The van der Waals surface area contributed by atoms with Crippen molar-refractivity contribution in [1.29, 1.82) is 0 Å². The fourth-order valence-electron chi connectivity index (χ4n) is 1.97. The zero-order chi connectivity index (χ0) is 18.8. The molecule has 0 heterocycles. The lowest BCUT2D eigenvalue weighted by Crippen LogP contribution is -2.48. The van der Waals surface area contributed by atoms with Crippen LogP contribution in [0.3, 0.4) is 0 Å². The number of carbonyl (C=O) groups excluding carboxylic acids is 2. The molecule has 2 rings (SSSR count). The number of para-hydroxylation sites is 1. The molecule has 136 valence electrons. The largest absolute Gasteiger partial charge is 0.334 e. The first-order chi connectivity index (χ1) is 12.5. The summed E-state index contributed by atoms with van der Waals surface area (Å²) in [5, 5.41) is 8.31. The topological polar surface area (TPSA) is 94.3 Å². The fourth-order valence-corrected chi connectivity index (χ4v) is 2.13. The monoisotopic (exact) mass is 371 g/mol. The van der Waals surface area contributed by atoms with Gasteiger partial charge < -0.3 is 16.0 Å². The van der Waals surface area contributed by atoms with Crippen LogP contribution in [-0.2, 0) is 11.3 Å². The minimum Gasteiger partial charge on any atom is -0.334 e. The number of hydrogen-bond acceptors (Lipinski definition) is 3. The molecule has 2 aromatic rings.